The molecule has 0 unspecified atom stereocenters. The van der Waals surface area contributed by atoms with Gasteiger partial charge >= 0.3 is 5.97 Å². The number of aryl methyl sites for hydroxylation is 1. The average Bonchev–Trinajstić information content (AvgIpc) is 3.53. The van der Waals surface area contributed by atoms with Crippen molar-refractivity contribution in [1.82, 2.24) is 10.3 Å². The Balaban J connectivity index is 1.38. The van der Waals surface area contributed by atoms with Crippen LogP contribution in [-0.2, 0) is 24.2 Å². The highest BCUT2D eigenvalue weighted by molar-refractivity contribution is 7.90. The van der Waals surface area contributed by atoms with Gasteiger partial charge in [0.15, 0.2) is 15.0 Å². The molecular formula is C28H32ClN3O5S2. The number of nitrogens with zero attached hydrogens (tertiary/aromatic N) is 1. The number of hydrogen-bond donors (Lipinski definition) is 2. The van der Waals surface area contributed by atoms with E-state index in [2.05, 4.69) is 15.6 Å². The van der Waals surface area contributed by atoms with Crippen molar-refractivity contribution in [2.45, 2.75) is 62.5 Å². The number of aromatic nitrogens is 1. The van der Waals surface area contributed by atoms with Crippen molar-refractivity contribution >= 4 is 49.8 Å². The molecule has 1 heterocycles. The van der Waals surface area contributed by atoms with E-state index in [1.54, 1.807) is 19.1 Å². The number of halogens is 1. The number of anilines is 1. The second-order valence-corrected chi connectivity index (χ2v) is 13.1. The lowest BCUT2D eigenvalue weighted by atomic mass is 10.0. The summed E-state index contributed by atoms with van der Waals surface area (Å²) < 4.78 is 29.7. The number of ether oxygens (including phenoxy) is 1. The van der Waals surface area contributed by atoms with Crippen molar-refractivity contribution in [2.75, 3.05) is 18.1 Å². The van der Waals surface area contributed by atoms with E-state index in [0.29, 0.717) is 22.8 Å². The predicted octanol–water partition coefficient (Wildman–Crippen LogP) is 5.71. The van der Waals surface area contributed by atoms with Crippen molar-refractivity contribution in [3.63, 3.8) is 0 Å². The second-order valence-electron chi connectivity index (χ2n) is 9.68. The lowest BCUT2D eigenvalue weighted by Crippen LogP contribution is -2.31. The maximum Gasteiger partial charge on any atom is 0.320 e. The number of carbonyl (C=O) groups is 2. The van der Waals surface area contributed by atoms with Crippen LogP contribution in [0.5, 0.6) is 0 Å². The maximum atomic E-state index is 12.8. The third-order valence-corrected chi connectivity index (χ3v) is 9.29. The fourth-order valence-corrected chi connectivity index (χ4v) is 6.90. The Morgan fingerprint density at radius 2 is 1.87 bits per heavy atom. The van der Waals surface area contributed by atoms with Gasteiger partial charge in [0.2, 0.25) is 5.91 Å². The Morgan fingerprint density at radius 1 is 1.15 bits per heavy atom. The molecule has 1 fully saturated rings. The second kappa shape index (κ2) is 13.0. The number of esters is 1. The first-order valence-electron chi connectivity index (χ1n) is 12.8. The predicted molar refractivity (Wildman–Crippen MR) is 154 cm³/mol. The lowest BCUT2D eigenvalue weighted by Gasteiger charge is -2.19. The van der Waals surface area contributed by atoms with Gasteiger partial charge in [-0.15, -0.1) is 0 Å². The quantitative estimate of drug-likeness (QED) is 0.275. The van der Waals surface area contributed by atoms with Crippen LogP contribution >= 0.6 is 22.9 Å². The fourth-order valence-electron chi connectivity index (χ4n) is 4.62. The van der Waals surface area contributed by atoms with Gasteiger partial charge in [-0.3, -0.25) is 9.59 Å². The standard InChI is InChI=1S/C28H32ClN3O5S2/c1-18-27(20-12-13-22(29)24(16-20)39(2,35)36)38-28(31-18)32-25(33)15-14-23(19-8-4-3-5-9-19)30-17-26(34)37-21-10-6-7-11-21/h3-5,8-9,12-13,16,21,23,30H,6-7,10-11,14-15,17H2,1-2H3,(H,31,32,33)/t23-/m1/s1. The molecule has 1 aromatic heterocycles. The van der Waals surface area contributed by atoms with Crippen LogP contribution in [0, 0.1) is 6.92 Å². The monoisotopic (exact) mass is 589 g/mol. The molecule has 8 nitrogen and oxygen atoms in total. The van der Waals surface area contributed by atoms with E-state index in [9.17, 15) is 18.0 Å². The van der Waals surface area contributed by atoms with Crippen LogP contribution in [0.25, 0.3) is 10.4 Å². The number of nitrogens with one attached hydrogen (secondary N) is 2. The molecule has 39 heavy (non-hydrogen) atoms. The minimum Gasteiger partial charge on any atom is -0.461 e. The summed E-state index contributed by atoms with van der Waals surface area (Å²) in [6, 6.07) is 14.3. The first-order valence-corrected chi connectivity index (χ1v) is 15.9. The Kier molecular flexibility index (Phi) is 9.76. The number of hydrogen-bond acceptors (Lipinski definition) is 8. The maximum absolute atomic E-state index is 12.8. The van der Waals surface area contributed by atoms with Gasteiger partial charge in [-0.05, 0) is 62.3 Å². The molecule has 3 aromatic rings. The molecule has 0 bridgehead atoms. The number of thiazole rings is 1. The number of benzene rings is 2. The first-order chi connectivity index (χ1) is 18.6. The summed E-state index contributed by atoms with van der Waals surface area (Å²) in [5.41, 5.74) is 2.31. The smallest absolute Gasteiger partial charge is 0.320 e. The fraction of sp³-hybridized carbons (Fsp3) is 0.393. The molecule has 0 spiro atoms. The molecule has 1 atom stereocenters. The van der Waals surface area contributed by atoms with Crippen molar-refractivity contribution in [1.29, 1.82) is 0 Å². The van der Waals surface area contributed by atoms with Crippen LogP contribution in [0.15, 0.2) is 53.4 Å². The zero-order valence-electron chi connectivity index (χ0n) is 21.9. The van der Waals surface area contributed by atoms with Crippen LogP contribution in [0.3, 0.4) is 0 Å². The number of amides is 1. The SMILES string of the molecule is Cc1nc(NC(=O)CC[C@@H](NCC(=O)OC2CCCC2)c2ccccc2)sc1-c1ccc(Cl)c(S(C)(=O)=O)c1. The van der Waals surface area contributed by atoms with Crippen LogP contribution in [-0.4, -0.2) is 44.2 Å². The van der Waals surface area contributed by atoms with Gasteiger partial charge in [0.1, 0.15) is 6.10 Å². The zero-order chi connectivity index (χ0) is 28.0. The molecule has 1 aliphatic carbocycles. The summed E-state index contributed by atoms with van der Waals surface area (Å²) in [5.74, 6) is -0.487. The summed E-state index contributed by atoms with van der Waals surface area (Å²) in [5, 5.41) is 6.69. The van der Waals surface area contributed by atoms with Gasteiger partial charge in [-0.1, -0.05) is 59.3 Å². The van der Waals surface area contributed by atoms with Gasteiger partial charge < -0.3 is 15.4 Å². The van der Waals surface area contributed by atoms with E-state index >= 15 is 0 Å². The third kappa shape index (κ3) is 8.11. The van der Waals surface area contributed by atoms with E-state index < -0.39 is 9.84 Å². The van der Waals surface area contributed by atoms with Crippen LogP contribution in [0.4, 0.5) is 5.13 Å². The van der Waals surface area contributed by atoms with Crippen LogP contribution in [0.2, 0.25) is 5.02 Å². The minimum absolute atomic E-state index is 0.0118. The number of carbonyl (C=O) groups excluding carboxylic acids is 2. The highest BCUT2D eigenvalue weighted by atomic mass is 35.5. The van der Waals surface area contributed by atoms with Gasteiger partial charge in [0.05, 0.1) is 27.0 Å². The topological polar surface area (TPSA) is 114 Å². The molecule has 2 aromatic carbocycles. The van der Waals surface area contributed by atoms with Crippen molar-refractivity contribution < 1.29 is 22.7 Å². The van der Waals surface area contributed by atoms with Crippen molar-refractivity contribution in [3.05, 3.63) is 64.8 Å². The molecule has 0 saturated heterocycles. The van der Waals surface area contributed by atoms with Crippen molar-refractivity contribution in [3.8, 4) is 10.4 Å². The van der Waals surface area contributed by atoms with Crippen LogP contribution in [0.1, 0.15) is 55.8 Å². The molecule has 11 heteroatoms. The summed E-state index contributed by atoms with van der Waals surface area (Å²) >= 11 is 7.35. The lowest BCUT2D eigenvalue weighted by molar-refractivity contribution is -0.147. The molecule has 1 amide bonds. The zero-order valence-corrected chi connectivity index (χ0v) is 24.3. The molecule has 0 aliphatic heterocycles. The number of rotatable bonds is 11. The Hall–Kier alpha value is -2.79. The molecule has 1 aliphatic rings. The normalized spacial score (nSPS) is 14.7. The molecule has 4 rings (SSSR count). The van der Waals surface area contributed by atoms with Gasteiger partial charge in [-0.2, -0.15) is 0 Å². The molecule has 2 N–H and O–H groups in total. The van der Waals surface area contributed by atoms with Gasteiger partial charge in [-0.25, -0.2) is 13.4 Å². The van der Waals surface area contributed by atoms with Crippen molar-refractivity contribution in [2.24, 2.45) is 0 Å². The first kappa shape index (κ1) is 29.2. The summed E-state index contributed by atoms with van der Waals surface area (Å²) in [6.45, 7) is 1.87. The molecule has 1 saturated carbocycles. The van der Waals surface area contributed by atoms with E-state index in [1.807, 2.05) is 30.3 Å². The Labute approximate surface area is 238 Å². The van der Waals surface area contributed by atoms with Gasteiger partial charge in [0.25, 0.3) is 0 Å². The molecular weight excluding hydrogens is 558 g/mol. The van der Waals surface area contributed by atoms with Gasteiger partial charge in [0, 0.05) is 18.7 Å². The summed E-state index contributed by atoms with van der Waals surface area (Å²) in [4.78, 5) is 30.4. The van der Waals surface area contributed by atoms with Crippen LogP contribution < -0.4 is 10.6 Å². The Bertz CT molecular complexity index is 1420. The third-order valence-electron chi connectivity index (χ3n) is 6.59. The molecule has 208 valence electrons. The highest BCUT2D eigenvalue weighted by Gasteiger charge is 2.21. The van der Waals surface area contributed by atoms with E-state index in [1.165, 1.54) is 17.4 Å². The number of sulfone groups is 1. The summed E-state index contributed by atoms with van der Waals surface area (Å²) in [7, 11) is -3.50. The largest absolute Gasteiger partial charge is 0.461 e. The molecule has 0 radical (unpaired) electrons. The highest BCUT2D eigenvalue weighted by Crippen LogP contribution is 2.36. The Morgan fingerprint density at radius 3 is 2.56 bits per heavy atom. The van der Waals surface area contributed by atoms with E-state index in [4.69, 9.17) is 16.3 Å². The minimum atomic E-state index is -3.50. The van der Waals surface area contributed by atoms with E-state index in [-0.39, 0.29) is 46.9 Å². The van der Waals surface area contributed by atoms with E-state index in [0.717, 1.165) is 42.4 Å². The summed E-state index contributed by atoms with van der Waals surface area (Å²) in [6.07, 6.45) is 5.82. The average molecular weight is 590 g/mol.